The maximum absolute atomic E-state index is 5.65. The fourth-order valence-corrected chi connectivity index (χ4v) is 10.4. The number of nitrogens with zero attached hydrogens (tertiary/aromatic N) is 3. The molecule has 53 heavy (non-hydrogen) atoms. The van der Waals surface area contributed by atoms with Crippen LogP contribution in [0.2, 0.25) is 0 Å². The van der Waals surface area contributed by atoms with E-state index in [9.17, 15) is 0 Å². The largest absolute Gasteiger partial charge is 0.291 e. The average Bonchev–Trinajstić information content (AvgIpc) is 3.71. The molecular formula is C50H35N3. The lowest BCUT2D eigenvalue weighted by Crippen LogP contribution is -2.28. The smallest absolute Gasteiger partial charge is 0.165 e. The normalized spacial score (nSPS) is 14.9. The molecule has 8 aromatic carbocycles. The van der Waals surface area contributed by atoms with E-state index in [2.05, 4.69) is 156 Å². The average molecular weight is 678 g/mol. The molecule has 250 valence electrons. The Hall–Kier alpha value is -6.32. The van der Waals surface area contributed by atoms with Crippen molar-refractivity contribution in [1.29, 1.82) is 0 Å². The Labute approximate surface area is 307 Å². The van der Waals surface area contributed by atoms with Crippen molar-refractivity contribution in [3.63, 3.8) is 0 Å². The number of hydrogen-bond acceptors (Lipinski definition) is 2. The molecule has 0 radical (unpaired) electrons. The zero-order valence-corrected chi connectivity index (χ0v) is 29.3. The van der Waals surface area contributed by atoms with E-state index in [1.807, 2.05) is 0 Å². The Bertz CT molecular complexity index is 3160. The van der Waals surface area contributed by atoms with Crippen molar-refractivity contribution >= 4 is 65.2 Å². The minimum absolute atomic E-state index is 0.0370. The summed E-state index contributed by atoms with van der Waals surface area (Å²) < 4.78 is 2.52. The van der Waals surface area contributed by atoms with Crippen LogP contribution in [0.3, 0.4) is 0 Å². The molecule has 2 aliphatic rings. The zero-order valence-electron chi connectivity index (χ0n) is 29.3. The van der Waals surface area contributed by atoms with Crippen molar-refractivity contribution in [2.45, 2.75) is 37.5 Å². The predicted molar refractivity (Wildman–Crippen MR) is 221 cm³/mol. The molecule has 2 aliphatic carbocycles. The second-order valence-electron chi connectivity index (χ2n) is 15.1. The number of hydrogen-bond donors (Lipinski definition) is 0. The predicted octanol–water partition coefficient (Wildman–Crippen LogP) is 13.1. The summed E-state index contributed by atoms with van der Waals surface area (Å²) in [4.78, 5) is 11.2. The Balaban J connectivity index is 1.36. The monoisotopic (exact) mass is 677 g/mol. The van der Waals surface area contributed by atoms with E-state index >= 15 is 0 Å². The lowest BCUT2D eigenvalue weighted by atomic mass is 9.66. The quantitative estimate of drug-likeness (QED) is 0.182. The topological polar surface area (TPSA) is 30.7 Å². The van der Waals surface area contributed by atoms with Crippen molar-refractivity contribution < 1.29 is 0 Å². The van der Waals surface area contributed by atoms with Crippen molar-refractivity contribution in [1.82, 2.24) is 14.5 Å². The Morgan fingerprint density at radius 2 is 1.08 bits per heavy atom. The molecule has 0 unspecified atom stereocenters. The van der Waals surface area contributed by atoms with Gasteiger partial charge in [-0.25, -0.2) is 9.97 Å². The van der Waals surface area contributed by atoms with E-state index in [0.717, 1.165) is 28.1 Å². The Kier molecular flexibility index (Phi) is 5.99. The third-order valence-corrected chi connectivity index (χ3v) is 12.5. The van der Waals surface area contributed by atoms with Gasteiger partial charge in [0.15, 0.2) is 5.82 Å². The van der Waals surface area contributed by atoms with E-state index in [1.54, 1.807) is 0 Å². The molecule has 1 spiro atoms. The number of rotatable bonds is 2. The van der Waals surface area contributed by atoms with E-state index in [-0.39, 0.29) is 5.41 Å². The SMILES string of the molecule is c1ccc2c(c1)-c1c(c3c4ccc5ccccc5c4n(-c4nc5ccccc5nc4-c4cccc5ccccc45)c3c3ccccc13)C21CCCCC1. The first-order chi connectivity index (χ1) is 26.3. The Morgan fingerprint density at radius 3 is 1.91 bits per heavy atom. The van der Waals surface area contributed by atoms with Gasteiger partial charge in [0.05, 0.1) is 22.1 Å². The number of fused-ring (bicyclic) bond motifs is 16. The van der Waals surface area contributed by atoms with Crippen molar-refractivity contribution in [3.8, 4) is 28.2 Å². The van der Waals surface area contributed by atoms with Gasteiger partial charge in [0, 0.05) is 32.5 Å². The van der Waals surface area contributed by atoms with Crippen LogP contribution in [0.15, 0.2) is 152 Å². The van der Waals surface area contributed by atoms with Gasteiger partial charge >= 0.3 is 0 Å². The molecule has 3 nitrogen and oxygen atoms in total. The Morgan fingerprint density at radius 1 is 0.453 bits per heavy atom. The highest BCUT2D eigenvalue weighted by atomic mass is 15.1. The molecule has 1 saturated carbocycles. The molecule has 1 fully saturated rings. The van der Waals surface area contributed by atoms with Gasteiger partial charge in [-0.15, -0.1) is 0 Å². The molecule has 0 aliphatic heterocycles. The second kappa shape index (κ2) is 10.8. The third kappa shape index (κ3) is 3.89. The molecule has 0 saturated heterocycles. The van der Waals surface area contributed by atoms with E-state index < -0.39 is 0 Å². The molecular weight excluding hydrogens is 643 g/mol. The first-order valence-electron chi connectivity index (χ1n) is 19.1. The van der Waals surface area contributed by atoms with Crippen LogP contribution >= 0.6 is 0 Å². The van der Waals surface area contributed by atoms with Crippen LogP contribution in [0.25, 0.3) is 93.4 Å². The van der Waals surface area contributed by atoms with Gasteiger partial charge in [0.1, 0.15) is 5.69 Å². The molecule has 12 rings (SSSR count). The highest BCUT2D eigenvalue weighted by molar-refractivity contribution is 6.29. The molecule has 0 bridgehead atoms. The fraction of sp³-hybridized carbons (Fsp3) is 0.120. The summed E-state index contributed by atoms with van der Waals surface area (Å²) in [5.74, 6) is 0.870. The fourth-order valence-electron chi connectivity index (χ4n) is 10.4. The van der Waals surface area contributed by atoms with Crippen LogP contribution < -0.4 is 0 Å². The van der Waals surface area contributed by atoms with Crippen molar-refractivity contribution in [2.75, 3.05) is 0 Å². The van der Waals surface area contributed by atoms with E-state index in [1.165, 1.54) is 108 Å². The number of para-hydroxylation sites is 2. The van der Waals surface area contributed by atoms with Crippen LogP contribution in [0.5, 0.6) is 0 Å². The first-order valence-corrected chi connectivity index (χ1v) is 19.1. The second-order valence-corrected chi connectivity index (χ2v) is 15.1. The van der Waals surface area contributed by atoms with Crippen LogP contribution in [0.1, 0.15) is 43.2 Å². The summed E-state index contributed by atoms with van der Waals surface area (Å²) in [6.07, 6.45) is 6.11. The van der Waals surface area contributed by atoms with Crippen molar-refractivity contribution in [3.05, 3.63) is 163 Å². The van der Waals surface area contributed by atoms with Crippen LogP contribution in [-0.4, -0.2) is 14.5 Å². The summed E-state index contributed by atoms with van der Waals surface area (Å²) in [6, 6.07) is 55.6. The maximum atomic E-state index is 5.65. The van der Waals surface area contributed by atoms with Gasteiger partial charge in [-0.05, 0) is 68.8 Å². The van der Waals surface area contributed by atoms with E-state index in [4.69, 9.17) is 9.97 Å². The minimum atomic E-state index is -0.0370. The van der Waals surface area contributed by atoms with Crippen LogP contribution in [0.4, 0.5) is 0 Å². The van der Waals surface area contributed by atoms with Gasteiger partial charge in [0.2, 0.25) is 0 Å². The van der Waals surface area contributed by atoms with Gasteiger partial charge in [-0.2, -0.15) is 0 Å². The molecule has 0 N–H and O–H groups in total. The summed E-state index contributed by atoms with van der Waals surface area (Å²) >= 11 is 0. The summed E-state index contributed by atoms with van der Waals surface area (Å²) in [7, 11) is 0. The van der Waals surface area contributed by atoms with Gasteiger partial charge in [-0.3, -0.25) is 4.57 Å². The number of benzene rings is 8. The third-order valence-electron chi connectivity index (χ3n) is 12.5. The minimum Gasteiger partial charge on any atom is -0.291 e. The standard InChI is InChI=1S/C50H35N3/c1-12-29-50(30-13-1)40-24-9-8-22-38(40)43-35-20-6-7-21-37(35)48-44(45(43)50)39-28-27-32-16-3-5-19-34(32)47(39)53(48)49-46(51-41-25-10-11-26-42(41)52-49)36-23-14-17-31-15-2-4-18-33(31)36/h2-11,14-28H,1,12-13,29-30H2. The number of aromatic nitrogens is 3. The lowest BCUT2D eigenvalue weighted by molar-refractivity contribution is 0.355. The van der Waals surface area contributed by atoms with Crippen molar-refractivity contribution in [2.24, 2.45) is 0 Å². The van der Waals surface area contributed by atoms with Gasteiger partial charge in [-0.1, -0.05) is 159 Å². The van der Waals surface area contributed by atoms with Crippen LogP contribution in [-0.2, 0) is 5.41 Å². The summed E-state index contributed by atoms with van der Waals surface area (Å²) in [6.45, 7) is 0. The van der Waals surface area contributed by atoms with Gasteiger partial charge < -0.3 is 0 Å². The molecule has 0 amide bonds. The van der Waals surface area contributed by atoms with Gasteiger partial charge in [0.25, 0.3) is 0 Å². The zero-order chi connectivity index (χ0) is 34.7. The first kappa shape index (κ1) is 29.3. The highest BCUT2D eigenvalue weighted by Crippen LogP contribution is 2.61. The summed E-state index contributed by atoms with van der Waals surface area (Å²) in [5.41, 5.74) is 12.0. The molecule has 2 aromatic heterocycles. The summed E-state index contributed by atoms with van der Waals surface area (Å²) in [5, 5.41) is 10.1. The molecule has 3 heteroatoms. The van der Waals surface area contributed by atoms with Crippen LogP contribution in [0, 0.1) is 0 Å². The van der Waals surface area contributed by atoms with E-state index in [0.29, 0.717) is 0 Å². The molecule has 0 atom stereocenters. The maximum Gasteiger partial charge on any atom is 0.165 e. The lowest BCUT2D eigenvalue weighted by Gasteiger charge is -2.36. The highest BCUT2D eigenvalue weighted by Gasteiger charge is 2.46. The molecule has 2 heterocycles. The molecule has 10 aromatic rings.